The molecule has 344 valence electrons. The smallest absolute Gasteiger partial charge is 0.328 e. The fourth-order valence-corrected chi connectivity index (χ4v) is 5.36. The number of carboxylic acid groups (broad SMARTS) is 1. The molecule has 60 heavy (non-hydrogen) atoms. The molecule has 0 rings (SSSR count). The predicted molar refractivity (Wildman–Crippen MR) is 215 cm³/mol. The Morgan fingerprint density at radius 2 is 1.08 bits per heavy atom. The van der Waals surface area contributed by atoms with E-state index in [1.165, 1.54) is 0 Å². The molecule has 24 nitrogen and oxygen atoms in total. The van der Waals surface area contributed by atoms with Crippen LogP contribution in [-0.2, 0) is 38.4 Å². The molecule has 7 amide bonds. The van der Waals surface area contributed by atoms with Crippen LogP contribution in [0.2, 0.25) is 0 Å². The monoisotopic (exact) mass is 861 g/mol. The molecule has 0 aliphatic heterocycles. The Kier molecular flexibility index (Phi) is 25.2. The van der Waals surface area contributed by atoms with Crippen LogP contribution in [0.3, 0.4) is 0 Å². The average Bonchev–Trinajstić information content (AvgIpc) is 3.19. The lowest BCUT2D eigenvalue weighted by Crippen LogP contribution is -2.62. The third-order valence-electron chi connectivity index (χ3n) is 9.68. The van der Waals surface area contributed by atoms with Crippen LogP contribution in [0.1, 0.15) is 74.1 Å². The van der Waals surface area contributed by atoms with Crippen molar-refractivity contribution < 1.29 is 63.9 Å². The van der Waals surface area contributed by atoms with E-state index < -0.39 is 133 Å². The van der Waals surface area contributed by atoms with Crippen LogP contribution >= 0.6 is 0 Å². The summed E-state index contributed by atoms with van der Waals surface area (Å²) >= 11 is 0. The molecule has 0 aromatic heterocycles. The van der Waals surface area contributed by atoms with Crippen LogP contribution < -0.4 is 54.0 Å². The number of carbonyl (C=O) groups excluding carboxylic acids is 7. The molecule has 0 saturated heterocycles. The van der Waals surface area contributed by atoms with Gasteiger partial charge < -0.3 is 79.5 Å². The van der Waals surface area contributed by atoms with Crippen LogP contribution in [-0.4, -0.2) is 160 Å². The molecule has 0 spiro atoms. The van der Waals surface area contributed by atoms with Gasteiger partial charge in [-0.3, -0.25) is 39.0 Å². The lowest BCUT2D eigenvalue weighted by molar-refractivity contribution is -0.143. The average molecular weight is 862 g/mol. The Hall–Kier alpha value is -5.17. The van der Waals surface area contributed by atoms with Crippen molar-refractivity contribution in [2.24, 2.45) is 29.2 Å². The molecule has 18 N–H and O–H groups in total. The van der Waals surface area contributed by atoms with Gasteiger partial charge in [-0.25, -0.2) is 4.79 Å². The zero-order chi connectivity index (χ0) is 46.4. The van der Waals surface area contributed by atoms with Gasteiger partial charge in [-0.05, 0) is 37.5 Å². The zero-order valence-corrected chi connectivity index (χ0v) is 35.2. The third-order valence-corrected chi connectivity index (χ3v) is 9.68. The van der Waals surface area contributed by atoms with Crippen LogP contribution in [0.25, 0.3) is 0 Å². The van der Waals surface area contributed by atoms with Crippen LogP contribution in [0.4, 0.5) is 0 Å². The van der Waals surface area contributed by atoms with Crippen molar-refractivity contribution in [1.82, 2.24) is 42.5 Å². The second kappa shape index (κ2) is 27.6. The molecule has 0 aromatic carbocycles. The Balaban J connectivity index is 6.18. The summed E-state index contributed by atoms with van der Waals surface area (Å²) in [7, 11) is 0. The lowest BCUT2D eigenvalue weighted by Gasteiger charge is -2.31. The van der Waals surface area contributed by atoms with Gasteiger partial charge in [-0.1, -0.05) is 54.4 Å². The maximum Gasteiger partial charge on any atom is 0.328 e. The third kappa shape index (κ3) is 18.8. The van der Waals surface area contributed by atoms with Gasteiger partial charge in [0.05, 0.1) is 32.0 Å². The molecular weight excluding hydrogens is 794 g/mol. The molecule has 0 saturated carbocycles. The number of aliphatic hydroxyl groups is 4. The fraction of sp³-hybridized carbons (Fsp3) is 0.750. The summed E-state index contributed by atoms with van der Waals surface area (Å²) in [5, 5.41) is 74.8. The fourth-order valence-electron chi connectivity index (χ4n) is 5.36. The quantitative estimate of drug-likeness (QED) is 0.0198. The largest absolute Gasteiger partial charge is 0.480 e. The van der Waals surface area contributed by atoms with E-state index in [4.69, 9.17) is 27.1 Å². The maximum atomic E-state index is 13.9. The number of aliphatic hydroxyl groups excluding tert-OH is 4. The summed E-state index contributed by atoms with van der Waals surface area (Å²) < 4.78 is 0. The van der Waals surface area contributed by atoms with Crippen LogP contribution in [0, 0.1) is 23.2 Å². The van der Waals surface area contributed by atoms with E-state index in [-0.39, 0.29) is 31.3 Å². The molecule has 0 aromatic rings. The highest BCUT2D eigenvalue weighted by molar-refractivity contribution is 5.97. The number of hydrogen-bond acceptors (Lipinski definition) is 14. The molecule has 11 atom stereocenters. The first-order valence-corrected chi connectivity index (χ1v) is 19.7. The van der Waals surface area contributed by atoms with Gasteiger partial charge in [-0.2, -0.15) is 0 Å². The lowest BCUT2D eigenvalue weighted by atomic mass is 9.95. The minimum Gasteiger partial charge on any atom is -0.480 e. The molecule has 0 heterocycles. The molecule has 0 aliphatic rings. The van der Waals surface area contributed by atoms with E-state index >= 15 is 0 Å². The number of guanidine groups is 1. The van der Waals surface area contributed by atoms with Crippen molar-refractivity contribution in [2.75, 3.05) is 26.3 Å². The summed E-state index contributed by atoms with van der Waals surface area (Å²) in [6.07, 6.45) is -1.88. The zero-order valence-electron chi connectivity index (χ0n) is 35.2. The van der Waals surface area contributed by atoms with Crippen molar-refractivity contribution in [1.29, 1.82) is 5.41 Å². The second-order valence-corrected chi connectivity index (χ2v) is 14.9. The Morgan fingerprint density at radius 1 is 0.617 bits per heavy atom. The number of nitrogens with two attached hydrogens (primary N) is 2. The van der Waals surface area contributed by atoms with Crippen molar-refractivity contribution in [3.8, 4) is 0 Å². The summed E-state index contributed by atoms with van der Waals surface area (Å²) in [6.45, 7) is 8.63. The minimum atomic E-state index is -1.72. The van der Waals surface area contributed by atoms with Crippen molar-refractivity contribution in [2.45, 2.75) is 129 Å². The summed E-state index contributed by atoms with van der Waals surface area (Å²) in [4.78, 5) is 103. The number of carbonyl (C=O) groups is 8. The van der Waals surface area contributed by atoms with Crippen molar-refractivity contribution in [3.05, 3.63) is 0 Å². The highest BCUT2D eigenvalue weighted by atomic mass is 16.4. The number of carboxylic acids is 1. The van der Waals surface area contributed by atoms with E-state index in [0.717, 1.165) is 6.92 Å². The van der Waals surface area contributed by atoms with Crippen molar-refractivity contribution in [3.63, 3.8) is 0 Å². The van der Waals surface area contributed by atoms with E-state index in [1.54, 1.807) is 41.5 Å². The Bertz CT molecular complexity index is 1470. The van der Waals surface area contributed by atoms with Gasteiger partial charge in [-0.15, -0.1) is 0 Å². The molecular formula is C36H67N11O13. The molecule has 1 unspecified atom stereocenters. The maximum absolute atomic E-state index is 13.9. The van der Waals surface area contributed by atoms with E-state index in [1.807, 2.05) is 5.32 Å². The standard InChI is InChI=1S/C36H67N11O13/c1-8-17(5)25(46-31(55)24(37)28(52)16(3)4)33(57)43-20(11-10-12-40-36(38)39)29(53)45-26(18(6)9-2)34(58)47-27(19(7)50)32(56)41-13-23(51)42-21(14-48)30(54)44-22(15-49)35(59)60/h16-22,24-28,48-50,52H,8-15,37H2,1-7H3,(H,41,56)(H,42,51)(H,43,57)(H,44,54)(H,45,53)(H,46,55)(H,47,58)(H,59,60)(H4,38,39,40)/t17-,18-,19-,20+,21-,22-,24?,25-,26-,27-,28+/m0/s1. The number of amides is 7. The van der Waals surface area contributed by atoms with Gasteiger partial charge in [0.2, 0.25) is 41.4 Å². The van der Waals surface area contributed by atoms with Gasteiger partial charge in [0.15, 0.2) is 5.96 Å². The normalized spacial score (nSPS) is 16.7. The molecule has 0 fully saturated rings. The van der Waals surface area contributed by atoms with Gasteiger partial charge in [0.1, 0.15) is 42.3 Å². The first-order chi connectivity index (χ1) is 28.0. The highest BCUT2D eigenvalue weighted by Crippen LogP contribution is 2.13. The number of nitrogens with one attached hydrogen (secondary N) is 9. The Morgan fingerprint density at radius 3 is 1.53 bits per heavy atom. The second-order valence-electron chi connectivity index (χ2n) is 14.9. The number of aliphatic carboxylic acids is 1. The summed E-state index contributed by atoms with van der Waals surface area (Å²) in [6, 6.07) is -10.3. The van der Waals surface area contributed by atoms with E-state index in [9.17, 15) is 53.7 Å². The summed E-state index contributed by atoms with van der Waals surface area (Å²) in [5.41, 5.74) is 11.3. The van der Waals surface area contributed by atoms with E-state index in [0.29, 0.717) is 12.8 Å². The Labute approximate surface area is 349 Å². The predicted octanol–water partition coefficient (Wildman–Crippen LogP) is -5.84. The van der Waals surface area contributed by atoms with Crippen LogP contribution in [0.15, 0.2) is 0 Å². The minimum absolute atomic E-state index is 0.0411. The molecule has 0 aliphatic carbocycles. The van der Waals surface area contributed by atoms with Gasteiger partial charge in [0, 0.05) is 6.54 Å². The number of hydrogen-bond donors (Lipinski definition) is 16. The first-order valence-electron chi connectivity index (χ1n) is 19.7. The highest BCUT2D eigenvalue weighted by Gasteiger charge is 2.36. The van der Waals surface area contributed by atoms with Crippen LogP contribution in [0.5, 0.6) is 0 Å². The number of rotatable bonds is 28. The summed E-state index contributed by atoms with van der Waals surface area (Å²) in [5.74, 6) is -9.91. The van der Waals surface area contributed by atoms with E-state index in [2.05, 4.69) is 37.2 Å². The van der Waals surface area contributed by atoms with Gasteiger partial charge in [0.25, 0.3) is 0 Å². The topological polar surface area (TPSA) is 410 Å². The first kappa shape index (κ1) is 54.8. The molecule has 0 bridgehead atoms. The van der Waals surface area contributed by atoms with Gasteiger partial charge >= 0.3 is 5.97 Å². The molecule has 0 radical (unpaired) electrons. The van der Waals surface area contributed by atoms with Crippen molar-refractivity contribution >= 4 is 53.3 Å². The molecule has 24 heteroatoms. The SMILES string of the molecule is CC[C@H](C)[C@H](NC(=O)C(N)[C@H](O)C(C)C)C(=O)N[C@H](CCCNC(=N)N)C(=O)N[C@H](C(=O)N[C@H](C(=O)NCC(=O)N[C@@H](CO)C(=O)N[C@@H](CO)C(=O)O)[C@H](C)O)[C@@H](C)CC.